The first-order valence-corrected chi connectivity index (χ1v) is 11.6. The summed E-state index contributed by atoms with van der Waals surface area (Å²) in [5.74, 6) is 2.78. The lowest BCUT2D eigenvalue weighted by molar-refractivity contribution is 0.197. The van der Waals surface area contributed by atoms with Crippen LogP contribution in [-0.2, 0) is 6.54 Å². The van der Waals surface area contributed by atoms with E-state index in [4.69, 9.17) is 9.47 Å². The molecule has 2 bridgehead atoms. The van der Waals surface area contributed by atoms with Crippen molar-refractivity contribution < 1.29 is 9.47 Å². The highest BCUT2D eigenvalue weighted by Gasteiger charge is 2.49. The summed E-state index contributed by atoms with van der Waals surface area (Å²) in [4.78, 5) is 2.70. The van der Waals surface area contributed by atoms with Crippen molar-refractivity contribution in [2.45, 2.75) is 31.0 Å². The molecule has 0 spiro atoms. The van der Waals surface area contributed by atoms with E-state index < -0.39 is 0 Å². The van der Waals surface area contributed by atoms with Crippen LogP contribution in [0.2, 0.25) is 0 Å². The van der Waals surface area contributed by atoms with Gasteiger partial charge in [-0.3, -0.25) is 4.90 Å². The molecule has 2 saturated heterocycles. The van der Waals surface area contributed by atoms with Crippen LogP contribution in [0, 0.1) is 5.92 Å². The zero-order valence-corrected chi connectivity index (χ0v) is 18.9. The summed E-state index contributed by atoms with van der Waals surface area (Å²) in [7, 11) is 3.45. The molecule has 4 heteroatoms. The smallest absolute Gasteiger partial charge is 0.123 e. The average Bonchev–Trinajstić information content (AvgIpc) is 3.46. The van der Waals surface area contributed by atoms with Crippen molar-refractivity contribution in [2.24, 2.45) is 5.92 Å². The monoisotopic (exact) mass is 428 g/mol. The number of nitrogens with one attached hydrogen (secondary N) is 1. The van der Waals surface area contributed by atoms with Gasteiger partial charge in [-0.2, -0.15) is 0 Å². The van der Waals surface area contributed by atoms with Gasteiger partial charge in [0.15, 0.2) is 0 Å². The molecule has 32 heavy (non-hydrogen) atoms. The highest BCUT2D eigenvalue weighted by molar-refractivity contribution is 5.41. The number of hydrogen-bond donors (Lipinski definition) is 1. The lowest BCUT2D eigenvalue weighted by Gasteiger charge is -2.39. The second-order valence-electron chi connectivity index (χ2n) is 8.92. The van der Waals surface area contributed by atoms with Crippen molar-refractivity contribution in [2.75, 3.05) is 27.3 Å². The van der Waals surface area contributed by atoms with Crippen LogP contribution in [-0.4, -0.2) is 44.3 Å². The van der Waals surface area contributed by atoms with Gasteiger partial charge in [0.25, 0.3) is 0 Å². The number of methoxy groups -OCH3 is 2. The van der Waals surface area contributed by atoms with Crippen molar-refractivity contribution in [3.05, 3.63) is 95.6 Å². The van der Waals surface area contributed by atoms with Gasteiger partial charge in [0.05, 0.1) is 14.2 Å². The molecule has 2 aliphatic rings. The average molecular weight is 429 g/mol. The fourth-order valence-electron chi connectivity index (χ4n) is 5.75. The van der Waals surface area contributed by atoms with E-state index in [1.165, 1.54) is 30.6 Å². The largest absolute Gasteiger partial charge is 0.497 e. The Balaban J connectivity index is 1.46. The summed E-state index contributed by atoms with van der Waals surface area (Å²) >= 11 is 0. The van der Waals surface area contributed by atoms with Gasteiger partial charge in [0, 0.05) is 36.7 Å². The van der Waals surface area contributed by atoms with E-state index in [1.807, 2.05) is 12.1 Å². The molecule has 2 heterocycles. The molecule has 0 aromatic heterocycles. The quantitative estimate of drug-likeness (QED) is 0.564. The minimum atomic E-state index is 0.340. The van der Waals surface area contributed by atoms with E-state index in [0.29, 0.717) is 23.9 Å². The number of hydrogen-bond acceptors (Lipinski definition) is 4. The first-order valence-electron chi connectivity index (χ1n) is 11.6. The standard InChI is InChI=1S/C28H32N2O2/c1-31-24-13-14-25(32-2)23(17-24)18-29-27-22-15-16-30(19-22)28(27)26(20-9-5-3-6-10-20)21-11-7-4-8-12-21/h3-14,17,22,26-29H,15-16,18-19H2,1-2H3. The van der Waals surface area contributed by atoms with E-state index >= 15 is 0 Å². The van der Waals surface area contributed by atoms with Crippen LogP contribution < -0.4 is 14.8 Å². The Labute approximate surface area is 191 Å². The second-order valence-corrected chi connectivity index (χ2v) is 8.92. The number of piperidine rings is 1. The highest BCUT2D eigenvalue weighted by atomic mass is 16.5. The molecule has 0 aliphatic carbocycles. The molecule has 1 N–H and O–H groups in total. The van der Waals surface area contributed by atoms with Crippen LogP contribution >= 0.6 is 0 Å². The van der Waals surface area contributed by atoms with E-state index in [2.05, 4.69) is 76.9 Å². The zero-order chi connectivity index (χ0) is 21.9. The van der Waals surface area contributed by atoms with Crippen LogP contribution in [0.25, 0.3) is 0 Å². The van der Waals surface area contributed by atoms with Crippen molar-refractivity contribution >= 4 is 0 Å². The van der Waals surface area contributed by atoms with Gasteiger partial charge in [0.1, 0.15) is 11.5 Å². The molecule has 2 fully saturated rings. The lowest BCUT2D eigenvalue weighted by atomic mass is 9.78. The minimum absolute atomic E-state index is 0.340. The van der Waals surface area contributed by atoms with Gasteiger partial charge in [-0.05, 0) is 48.2 Å². The van der Waals surface area contributed by atoms with Crippen molar-refractivity contribution in [1.82, 2.24) is 10.2 Å². The molecule has 0 amide bonds. The molecule has 166 valence electrons. The maximum atomic E-state index is 5.63. The van der Waals surface area contributed by atoms with Gasteiger partial charge in [-0.1, -0.05) is 60.7 Å². The molecule has 2 aliphatic heterocycles. The van der Waals surface area contributed by atoms with Crippen molar-refractivity contribution in [1.29, 1.82) is 0 Å². The highest BCUT2D eigenvalue weighted by Crippen LogP contribution is 2.43. The van der Waals surface area contributed by atoms with Gasteiger partial charge in [-0.25, -0.2) is 0 Å². The molecular formula is C28H32N2O2. The maximum Gasteiger partial charge on any atom is 0.123 e. The molecule has 4 atom stereocenters. The third-order valence-electron chi connectivity index (χ3n) is 7.23. The topological polar surface area (TPSA) is 33.7 Å². The van der Waals surface area contributed by atoms with Crippen LogP contribution in [0.15, 0.2) is 78.9 Å². The molecule has 3 aromatic rings. The first kappa shape index (κ1) is 21.0. The van der Waals surface area contributed by atoms with Crippen molar-refractivity contribution in [3.63, 3.8) is 0 Å². The maximum absolute atomic E-state index is 5.63. The van der Waals surface area contributed by atoms with E-state index in [1.54, 1.807) is 14.2 Å². The minimum Gasteiger partial charge on any atom is -0.497 e. The summed E-state index contributed by atoms with van der Waals surface area (Å²) in [5.41, 5.74) is 3.92. The predicted molar refractivity (Wildman–Crippen MR) is 128 cm³/mol. The van der Waals surface area contributed by atoms with Crippen molar-refractivity contribution in [3.8, 4) is 11.5 Å². The molecule has 5 rings (SSSR count). The lowest BCUT2D eigenvalue weighted by Crippen LogP contribution is -2.50. The molecule has 4 nitrogen and oxygen atoms in total. The fraction of sp³-hybridized carbons (Fsp3) is 0.357. The van der Waals surface area contributed by atoms with E-state index in [0.717, 1.165) is 23.6 Å². The van der Waals surface area contributed by atoms with Crippen LogP contribution in [0.1, 0.15) is 29.0 Å². The van der Waals surface area contributed by atoms with Gasteiger partial charge in [-0.15, -0.1) is 0 Å². The van der Waals surface area contributed by atoms with Crippen LogP contribution in [0.3, 0.4) is 0 Å². The summed E-state index contributed by atoms with van der Waals surface area (Å²) in [6.07, 6.45) is 1.26. The Bertz CT molecular complexity index is 985. The van der Waals surface area contributed by atoms with Gasteiger partial charge >= 0.3 is 0 Å². The third-order valence-corrected chi connectivity index (χ3v) is 7.23. The Morgan fingerprint density at radius 1 is 0.906 bits per heavy atom. The molecule has 4 unspecified atom stereocenters. The number of nitrogens with zero attached hydrogens (tertiary/aromatic N) is 1. The number of ether oxygens (including phenoxy) is 2. The number of benzene rings is 3. The number of rotatable bonds is 8. The Kier molecular flexibility index (Phi) is 6.15. The third kappa shape index (κ3) is 4.01. The van der Waals surface area contributed by atoms with Gasteiger partial charge < -0.3 is 14.8 Å². The molecular weight excluding hydrogens is 396 g/mol. The molecule has 0 radical (unpaired) electrons. The first-order chi connectivity index (χ1) is 15.8. The number of fused-ring (bicyclic) bond motifs is 2. The summed E-state index contributed by atoms with van der Waals surface area (Å²) < 4.78 is 11.1. The van der Waals surface area contributed by atoms with Gasteiger partial charge in [0.2, 0.25) is 0 Å². The van der Waals surface area contributed by atoms with E-state index in [9.17, 15) is 0 Å². The second kappa shape index (κ2) is 9.35. The van der Waals surface area contributed by atoms with Crippen LogP contribution in [0.4, 0.5) is 0 Å². The Hall–Kier alpha value is -2.82. The SMILES string of the molecule is COc1ccc(OC)c(CNC2C3CCN(C3)C2C(c2ccccc2)c2ccccc2)c1. The predicted octanol–water partition coefficient (Wildman–Crippen LogP) is 4.70. The summed E-state index contributed by atoms with van der Waals surface area (Å²) in [6, 6.07) is 28.9. The molecule has 3 aromatic carbocycles. The summed E-state index contributed by atoms with van der Waals surface area (Å²) in [5, 5.41) is 3.95. The summed E-state index contributed by atoms with van der Waals surface area (Å²) in [6.45, 7) is 3.13. The van der Waals surface area contributed by atoms with E-state index in [-0.39, 0.29) is 0 Å². The Morgan fingerprint density at radius 3 is 2.22 bits per heavy atom. The molecule has 0 saturated carbocycles. The Morgan fingerprint density at radius 2 is 1.59 bits per heavy atom. The fourth-order valence-corrected chi connectivity index (χ4v) is 5.75. The zero-order valence-electron chi connectivity index (χ0n) is 18.9. The normalized spacial score (nSPS) is 24.1. The van der Waals surface area contributed by atoms with Crippen LogP contribution in [0.5, 0.6) is 11.5 Å².